The summed E-state index contributed by atoms with van der Waals surface area (Å²) in [5.41, 5.74) is 0.492. The number of nitrogens with one attached hydrogen (secondary N) is 3. The molecule has 3 N–H and O–H groups in total. The van der Waals surface area contributed by atoms with Gasteiger partial charge in [0.05, 0.1) is 6.54 Å². The van der Waals surface area contributed by atoms with Crippen molar-refractivity contribution >= 4 is 29.2 Å². The molecule has 2 heterocycles. The lowest BCUT2D eigenvalue weighted by Crippen LogP contribution is -2.43. The number of carbonyl (C=O) groups is 2. The molecular formula is C18H29N5O2S. The average Bonchev–Trinajstić information content (AvgIpc) is 3.12. The van der Waals surface area contributed by atoms with E-state index in [1.54, 1.807) is 18.3 Å². The van der Waals surface area contributed by atoms with E-state index in [4.69, 9.17) is 0 Å². The summed E-state index contributed by atoms with van der Waals surface area (Å²) >= 11 is 1.71. The van der Waals surface area contributed by atoms with Crippen molar-refractivity contribution in [3.8, 4) is 0 Å². The molecular weight excluding hydrogens is 350 g/mol. The van der Waals surface area contributed by atoms with Crippen LogP contribution in [0.25, 0.3) is 0 Å². The molecule has 0 radical (unpaired) electrons. The van der Waals surface area contributed by atoms with Gasteiger partial charge in [-0.2, -0.15) is 0 Å². The molecule has 1 aromatic rings. The summed E-state index contributed by atoms with van der Waals surface area (Å²) in [5.74, 6) is 0.606. The van der Waals surface area contributed by atoms with Crippen molar-refractivity contribution in [1.82, 2.24) is 20.9 Å². The first kappa shape index (κ1) is 20.2. The number of urea groups is 1. The Morgan fingerprint density at radius 3 is 2.69 bits per heavy atom. The Morgan fingerprint density at radius 2 is 2.12 bits per heavy atom. The number of guanidine groups is 1. The lowest BCUT2D eigenvalue weighted by molar-refractivity contribution is -0.130. The molecule has 1 aromatic heterocycles. The van der Waals surface area contributed by atoms with E-state index in [0.717, 1.165) is 12.5 Å². The second-order valence-corrected chi connectivity index (χ2v) is 7.58. The van der Waals surface area contributed by atoms with Gasteiger partial charge in [0, 0.05) is 24.5 Å². The molecule has 0 bridgehead atoms. The molecule has 26 heavy (non-hydrogen) atoms. The van der Waals surface area contributed by atoms with Gasteiger partial charge in [-0.15, -0.1) is 11.3 Å². The van der Waals surface area contributed by atoms with E-state index in [0.29, 0.717) is 32.5 Å². The molecule has 2 rings (SSSR count). The number of imide groups is 1. The van der Waals surface area contributed by atoms with Crippen LogP contribution in [-0.4, -0.2) is 48.0 Å². The van der Waals surface area contributed by atoms with Gasteiger partial charge in [-0.25, -0.2) is 9.79 Å². The molecule has 1 saturated heterocycles. The number of rotatable bonds is 8. The highest BCUT2D eigenvalue weighted by Gasteiger charge is 2.45. The third-order valence-corrected chi connectivity index (χ3v) is 5.60. The lowest BCUT2D eigenvalue weighted by atomic mass is 9.99. The van der Waals surface area contributed by atoms with Gasteiger partial charge in [0.25, 0.3) is 5.91 Å². The Labute approximate surface area is 159 Å². The van der Waals surface area contributed by atoms with Crippen LogP contribution in [0.1, 0.15) is 44.1 Å². The highest BCUT2D eigenvalue weighted by Crippen LogP contribution is 2.20. The van der Waals surface area contributed by atoms with E-state index >= 15 is 0 Å². The second-order valence-electron chi connectivity index (χ2n) is 6.57. The number of hydrogen-bond donors (Lipinski definition) is 3. The maximum Gasteiger partial charge on any atom is 0.325 e. The number of nitrogens with zero attached hydrogens (tertiary/aromatic N) is 2. The van der Waals surface area contributed by atoms with Crippen molar-refractivity contribution in [2.45, 2.75) is 52.6 Å². The van der Waals surface area contributed by atoms with E-state index in [2.05, 4.69) is 39.3 Å². The van der Waals surface area contributed by atoms with Crippen LogP contribution in [0.3, 0.4) is 0 Å². The number of aliphatic imine (C=N–C) groups is 1. The maximum atomic E-state index is 12.4. The van der Waals surface area contributed by atoms with Crippen LogP contribution in [0.2, 0.25) is 0 Å². The van der Waals surface area contributed by atoms with Gasteiger partial charge in [-0.1, -0.05) is 6.92 Å². The Hall–Kier alpha value is -2.09. The first-order chi connectivity index (χ1) is 12.4. The largest absolute Gasteiger partial charge is 0.357 e. The second kappa shape index (κ2) is 9.02. The van der Waals surface area contributed by atoms with Gasteiger partial charge >= 0.3 is 6.03 Å². The highest BCUT2D eigenvalue weighted by molar-refractivity contribution is 7.10. The summed E-state index contributed by atoms with van der Waals surface area (Å²) in [6.07, 6.45) is 1.26. The third-order valence-electron chi connectivity index (χ3n) is 4.60. The van der Waals surface area contributed by atoms with Crippen LogP contribution in [-0.2, 0) is 11.3 Å². The standard InChI is InChI=1S/C18H29N5O2S/c1-5-18(4)15(24)23(17(25)22-18)10-7-9-20-16(19-6-2)21-12-14-13(3)8-11-26-14/h8,11H,5-7,9-10,12H2,1-4H3,(H,22,25)(H2,19,20,21). The summed E-state index contributed by atoms with van der Waals surface area (Å²) in [4.78, 5) is 31.5. The van der Waals surface area contributed by atoms with E-state index in [-0.39, 0.29) is 11.9 Å². The smallest absolute Gasteiger partial charge is 0.325 e. The predicted octanol–water partition coefficient (Wildman–Crippen LogP) is 2.22. The number of carbonyl (C=O) groups excluding carboxylic acids is 2. The molecule has 0 aromatic carbocycles. The number of hydrogen-bond acceptors (Lipinski definition) is 4. The first-order valence-corrected chi connectivity index (χ1v) is 9.98. The van der Waals surface area contributed by atoms with E-state index in [1.807, 2.05) is 13.8 Å². The quantitative estimate of drug-likeness (QED) is 0.280. The first-order valence-electron chi connectivity index (χ1n) is 9.10. The molecule has 3 amide bonds. The fraction of sp³-hybridized carbons (Fsp3) is 0.611. The monoisotopic (exact) mass is 379 g/mol. The maximum absolute atomic E-state index is 12.4. The Balaban J connectivity index is 1.82. The Kier molecular flexibility index (Phi) is 7.02. The third kappa shape index (κ3) is 4.75. The molecule has 8 heteroatoms. The zero-order chi connectivity index (χ0) is 19.2. The molecule has 1 aliphatic rings. The topological polar surface area (TPSA) is 85.8 Å². The number of amides is 3. The zero-order valence-corrected chi connectivity index (χ0v) is 16.8. The Morgan fingerprint density at radius 1 is 1.35 bits per heavy atom. The van der Waals surface area contributed by atoms with Gasteiger partial charge in [-0.3, -0.25) is 9.69 Å². The molecule has 0 saturated carbocycles. The van der Waals surface area contributed by atoms with Crippen LogP contribution in [0, 0.1) is 6.92 Å². The molecule has 7 nitrogen and oxygen atoms in total. The SMILES string of the molecule is CCNC(=NCc1sccc1C)NCCCN1C(=O)NC(C)(CC)C1=O. The fourth-order valence-corrected chi connectivity index (χ4v) is 3.52. The van der Waals surface area contributed by atoms with Gasteiger partial charge < -0.3 is 16.0 Å². The van der Waals surface area contributed by atoms with E-state index < -0.39 is 5.54 Å². The van der Waals surface area contributed by atoms with E-state index in [1.165, 1.54) is 15.3 Å². The normalized spacial score (nSPS) is 20.5. The number of thiophene rings is 1. The van der Waals surface area contributed by atoms with Crippen molar-refractivity contribution in [3.05, 3.63) is 21.9 Å². The molecule has 1 atom stereocenters. The van der Waals surface area contributed by atoms with Crippen molar-refractivity contribution in [1.29, 1.82) is 0 Å². The van der Waals surface area contributed by atoms with Crippen molar-refractivity contribution in [3.63, 3.8) is 0 Å². The minimum Gasteiger partial charge on any atom is -0.357 e. The van der Waals surface area contributed by atoms with Crippen LogP contribution in [0.15, 0.2) is 16.4 Å². The summed E-state index contributed by atoms with van der Waals surface area (Å²) in [7, 11) is 0. The molecule has 1 aliphatic heterocycles. The number of aryl methyl sites for hydroxylation is 1. The molecule has 0 aliphatic carbocycles. The lowest BCUT2D eigenvalue weighted by Gasteiger charge is -2.19. The predicted molar refractivity (Wildman–Crippen MR) is 105 cm³/mol. The minimum absolute atomic E-state index is 0.140. The zero-order valence-electron chi connectivity index (χ0n) is 16.0. The van der Waals surface area contributed by atoms with Gasteiger partial charge in [0.15, 0.2) is 5.96 Å². The van der Waals surface area contributed by atoms with Crippen molar-refractivity contribution in [2.24, 2.45) is 4.99 Å². The van der Waals surface area contributed by atoms with Crippen molar-refractivity contribution in [2.75, 3.05) is 19.6 Å². The van der Waals surface area contributed by atoms with Crippen LogP contribution >= 0.6 is 11.3 Å². The summed E-state index contributed by atoms with van der Waals surface area (Å²) in [5, 5.41) is 11.3. The molecule has 1 fully saturated rings. The highest BCUT2D eigenvalue weighted by atomic mass is 32.1. The Bertz CT molecular complexity index is 672. The van der Waals surface area contributed by atoms with Gasteiger partial charge in [0.2, 0.25) is 0 Å². The summed E-state index contributed by atoms with van der Waals surface area (Å²) in [6, 6.07) is 1.80. The average molecular weight is 380 g/mol. The van der Waals surface area contributed by atoms with Crippen LogP contribution in [0.5, 0.6) is 0 Å². The van der Waals surface area contributed by atoms with Gasteiger partial charge in [0.1, 0.15) is 5.54 Å². The van der Waals surface area contributed by atoms with Crippen LogP contribution in [0.4, 0.5) is 4.79 Å². The summed E-state index contributed by atoms with van der Waals surface area (Å²) in [6.45, 7) is 10.2. The molecule has 0 spiro atoms. The van der Waals surface area contributed by atoms with Crippen LogP contribution < -0.4 is 16.0 Å². The molecule has 1 unspecified atom stereocenters. The van der Waals surface area contributed by atoms with Gasteiger partial charge in [-0.05, 0) is 50.6 Å². The summed E-state index contributed by atoms with van der Waals surface area (Å²) < 4.78 is 0. The molecule has 144 valence electrons. The minimum atomic E-state index is -0.764. The fourth-order valence-electron chi connectivity index (χ4n) is 2.69. The van der Waals surface area contributed by atoms with E-state index in [9.17, 15) is 9.59 Å². The van der Waals surface area contributed by atoms with Crippen molar-refractivity contribution < 1.29 is 9.59 Å².